The monoisotopic (exact) mass is 420 g/mol. The van der Waals surface area contributed by atoms with Crippen molar-refractivity contribution >= 4 is 21.8 Å². The minimum Gasteiger partial charge on any atom is -0.486 e. The van der Waals surface area contributed by atoms with Crippen LogP contribution in [0, 0.1) is 0 Å². The second kappa shape index (κ2) is 8.16. The number of para-hydroxylation sites is 2. The highest BCUT2D eigenvalue weighted by Gasteiger charge is 2.15. The van der Waals surface area contributed by atoms with Gasteiger partial charge in [0.05, 0.1) is 17.6 Å². The second-order valence-corrected chi connectivity index (χ2v) is 9.30. The average Bonchev–Trinajstić information content (AvgIpc) is 3.15. The lowest BCUT2D eigenvalue weighted by Gasteiger charge is -2.19. The molecule has 0 unspecified atom stereocenters. The van der Waals surface area contributed by atoms with Crippen molar-refractivity contribution < 1.29 is 4.74 Å². The largest absolute Gasteiger partial charge is 0.486 e. The van der Waals surface area contributed by atoms with Crippen LogP contribution in [-0.4, -0.2) is 9.55 Å². The SMILES string of the molecule is CC(C)(C)c1ccc(OCc2nc3ccccc3n2Cc2cccc3ccccc23)cc1. The maximum atomic E-state index is 6.17. The fourth-order valence-electron chi connectivity index (χ4n) is 4.21. The molecule has 3 heteroatoms. The molecule has 0 saturated carbocycles. The molecule has 0 radical (unpaired) electrons. The normalized spacial score (nSPS) is 11.8. The van der Waals surface area contributed by atoms with E-state index in [-0.39, 0.29) is 5.41 Å². The molecule has 4 aromatic carbocycles. The summed E-state index contributed by atoms with van der Waals surface area (Å²) in [7, 11) is 0. The Hall–Kier alpha value is -3.59. The smallest absolute Gasteiger partial charge is 0.148 e. The molecule has 0 spiro atoms. The van der Waals surface area contributed by atoms with Gasteiger partial charge in [0.15, 0.2) is 0 Å². The highest BCUT2D eigenvalue weighted by molar-refractivity contribution is 5.86. The van der Waals surface area contributed by atoms with Gasteiger partial charge in [-0.05, 0) is 51.6 Å². The molecule has 1 aromatic heterocycles. The fourth-order valence-corrected chi connectivity index (χ4v) is 4.21. The minimum atomic E-state index is 0.130. The van der Waals surface area contributed by atoms with Crippen molar-refractivity contribution in [2.75, 3.05) is 0 Å². The van der Waals surface area contributed by atoms with Crippen molar-refractivity contribution in [1.29, 1.82) is 0 Å². The van der Waals surface area contributed by atoms with Crippen LogP contribution in [0.3, 0.4) is 0 Å². The number of nitrogens with zero attached hydrogens (tertiary/aromatic N) is 2. The molecule has 3 nitrogen and oxygen atoms in total. The Labute approximate surface area is 189 Å². The predicted octanol–water partition coefficient (Wildman–Crippen LogP) is 7.11. The van der Waals surface area contributed by atoms with Gasteiger partial charge >= 0.3 is 0 Å². The summed E-state index contributed by atoms with van der Waals surface area (Å²) in [4.78, 5) is 4.90. The molecule has 0 bridgehead atoms. The Balaban J connectivity index is 1.47. The van der Waals surface area contributed by atoms with Gasteiger partial charge in [-0.2, -0.15) is 0 Å². The van der Waals surface area contributed by atoms with E-state index < -0.39 is 0 Å². The van der Waals surface area contributed by atoms with Gasteiger partial charge in [0.2, 0.25) is 0 Å². The molecule has 5 rings (SSSR count). The summed E-state index contributed by atoms with van der Waals surface area (Å²) >= 11 is 0. The number of hydrogen-bond acceptors (Lipinski definition) is 2. The van der Waals surface area contributed by atoms with Gasteiger partial charge in [-0.25, -0.2) is 4.98 Å². The summed E-state index contributed by atoms with van der Waals surface area (Å²) in [6, 6.07) is 31.7. The standard InChI is InChI=1S/C29H28N2O/c1-29(2,3)23-15-17-24(18-16-23)32-20-28-30-26-13-6-7-14-27(26)31(28)19-22-11-8-10-21-9-4-5-12-25(21)22/h4-18H,19-20H2,1-3H3. The van der Waals surface area contributed by atoms with Crippen molar-refractivity contribution in [3.63, 3.8) is 0 Å². The quantitative estimate of drug-likeness (QED) is 0.303. The predicted molar refractivity (Wildman–Crippen MR) is 132 cm³/mol. The molecule has 0 atom stereocenters. The minimum absolute atomic E-state index is 0.130. The molecule has 0 aliphatic heterocycles. The van der Waals surface area contributed by atoms with Crippen molar-refractivity contribution in [2.24, 2.45) is 0 Å². The van der Waals surface area contributed by atoms with E-state index in [1.807, 2.05) is 6.07 Å². The van der Waals surface area contributed by atoms with Gasteiger partial charge < -0.3 is 9.30 Å². The van der Waals surface area contributed by atoms with Crippen LogP contribution in [0.5, 0.6) is 5.75 Å². The fraction of sp³-hybridized carbons (Fsp3) is 0.207. The number of hydrogen-bond donors (Lipinski definition) is 0. The number of imidazole rings is 1. The number of ether oxygens (including phenoxy) is 1. The van der Waals surface area contributed by atoms with E-state index in [2.05, 4.69) is 110 Å². The third-order valence-corrected chi connectivity index (χ3v) is 6.03. The van der Waals surface area contributed by atoms with Crippen molar-refractivity contribution in [3.05, 3.63) is 108 Å². The molecule has 0 amide bonds. The maximum absolute atomic E-state index is 6.17. The lowest BCUT2D eigenvalue weighted by molar-refractivity contribution is 0.291. The highest BCUT2D eigenvalue weighted by Crippen LogP contribution is 2.26. The zero-order valence-electron chi connectivity index (χ0n) is 18.9. The summed E-state index contributed by atoms with van der Waals surface area (Å²) < 4.78 is 8.45. The van der Waals surface area contributed by atoms with Gasteiger partial charge in [-0.1, -0.05) is 87.5 Å². The summed E-state index contributed by atoms with van der Waals surface area (Å²) in [6.07, 6.45) is 0. The number of aromatic nitrogens is 2. The van der Waals surface area contributed by atoms with Crippen LogP contribution < -0.4 is 4.74 Å². The Kier molecular flexibility index (Phi) is 5.18. The van der Waals surface area contributed by atoms with Crippen LogP contribution in [0.1, 0.15) is 37.7 Å². The summed E-state index contributed by atoms with van der Waals surface area (Å²) in [5.74, 6) is 1.79. The van der Waals surface area contributed by atoms with Gasteiger partial charge in [0.25, 0.3) is 0 Å². The second-order valence-electron chi connectivity index (χ2n) is 9.30. The molecule has 160 valence electrons. The van der Waals surface area contributed by atoms with Crippen LogP contribution in [0.2, 0.25) is 0 Å². The molecule has 5 aromatic rings. The molecule has 0 aliphatic carbocycles. The Bertz CT molecular complexity index is 1370. The zero-order chi connectivity index (χ0) is 22.1. The van der Waals surface area contributed by atoms with Gasteiger partial charge in [0.1, 0.15) is 18.2 Å². The molecule has 0 fully saturated rings. The molecular weight excluding hydrogens is 392 g/mol. The number of benzene rings is 4. The van der Waals surface area contributed by atoms with E-state index in [1.54, 1.807) is 0 Å². The Morgan fingerprint density at radius 1 is 0.781 bits per heavy atom. The Morgan fingerprint density at radius 3 is 2.31 bits per heavy atom. The molecule has 0 aliphatic rings. The van der Waals surface area contributed by atoms with Crippen molar-refractivity contribution in [2.45, 2.75) is 39.3 Å². The lowest BCUT2D eigenvalue weighted by atomic mass is 9.87. The average molecular weight is 421 g/mol. The summed E-state index contributed by atoms with van der Waals surface area (Å²) in [6.45, 7) is 7.84. The molecular formula is C29H28N2O. The third-order valence-electron chi connectivity index (χ3n) is 6.03. The first-order chi connectivity index (χ1) is 15.5. The molecule has 32 heavy (non-hydrogen) atoms. The van der Waals surface area contributed by atoms with Crippen molar-refractivity contribution in [1.82, 2.24) is 9.55 Å². The van der Waals surface area contributed by atoms with E-state index in [0.717, 1.165) is 29.2 Å². The number of fused-ring (bicyclic) bond motifs is 2. The Morgan fingerprint density at radius 2 is 1.50 bits per heavy atom. The van der Waals surface area contributed by atoms with Crippen LogP contribution in [0.15, 0.2) is 91.0 Å². The first-order valence-electron chi connectivity index (χ1n) is 11.1. The van der Waals surface area contributed by atoms with E-state index >= 15 is 0 Å². The first kappa shape index (κ1) is 20.3. The van der Waals surface area contributed by atoms with Crippen molar-refractivity contribution in [3.8, 4) is 5.75 Å². The lowest BCUT2D eigenvalue weighted by Crippen LogP contribution is -2.11. The van der Waals surface area contributed by atoms with Crippen LogP contribution >= 0.6 is 0 Å². The van der Waals surface area contributed by atoms with Gasteiger partial charge in [0, 0.05) is 0 Å². The van der Waals surface area contributed by atoms with Gasteiger partial charge in [-0.3, -0.25) is 0 Å². The first-order valence-corrected chi connectivity index (χ1v) is 11.1. The van der Waals surface area contributed by atoms with Gasteiger partial charge in [-0.15, -0.1) is 0 Å². The van der Waals surface area contributed by atoms with Crippen LogP contribution in [0.4, 0.5) is 0 Å². The molecule has 0 saturated heterocycles. The topological polar surface area (TPSA) is 27.1 Å². The molecule has 1 heterocycles. The highest BCUT2D eigenvalue weighted by atomic mass is 16.5. The van der Waals surface area contributed by atoms with E-state index in [4.69, 9.17) is 9.72 Å². The summed E-state index contributed by atoms with van der Waals surface area (Å²) in [5.41, 5.74) is 4.83. The zero-order valence-corrected chi connectivity index (χ0v) is 18.9. The van der Waals surface area contributed by atoms with Crippen LogP contribution in [0.25, 0.3) is 21.8 Å². The third kappa shape index (κ3) is 3.99. The molecule has 0 N–H and O–H groups in total. The maximum Gasteiger partial charge on any atom is 0.148 e. The number of rotatable bonds is 5. The van der Waals surface area contributed by atoms with E-state index in [0.29, 0.717) is 6.61 Å². The van der Waals surface area contributed by atoms with E-state index in [1.165, 1.54) is 21.9 Å². The summed E-state index contributed by atoms with van der Waals surface area (Å²) in [5, 5.41) is 2.53. The van der Waals surface area contributed by atoms with E-state index in [9.17, 15) is 0 Å². The van der Waals surface area contributed by atoms with Crippen LogP contribution in [-0.2, 0) is 18.6 Å².